The summed E-state index contributed by atoms with van der Waals surface area (Å²) in [5.41, 5.74) is -2.41. The lowest BCUT2D eigenvalue weighted by Gasteiger charge is -1.90. The van der Waals surface area contributed by atoms with Gasteiger partial charge in [-0.15, -0.1) is 0 Å². The van der Waals surface area contributed by atoms with E-state index in [1.54, 1.807) is 15.0 Å². The Bertz CT molecular complexity index is 779. The van der Waals surface area contributed by atoms with Crippen molar-refractivity contribution < 1.29 is 14.4 Å². The highest BCUT2D eigenvalue weighted by molar-refractivity contribution is 5.33. The van der Waals surface area contributed by atoms with Gasteiger partial charge in [-0.2, -0.15) is 0 Å². The van der Waals surface area contributed by atoms with E-state index in [-0.39, 0.29) is 0 Å². The predicted octanol–water partition coefficient (Wildman–Crippen LogP) is 3.46. The maximum atomic E-state index is 10.2. The SMILES string of the molecule is CCCCCCN=C=O.CCCCCCN=C=O.CCCCCCN=C=O.O=c1[nH]c(=O)[nH]c(=O)[nH]1. The van der Waals surface area contributed by atoms with Crippen molar-refractivity contribution in [2.45, 2.75) is 97.8 Å². The molecule has 0 aliphatic heterocycles. The molecule has 3 N–H and O–H groups in total. The topological polar surface area (TPSA) is 187 Å². The van der Waals surface area contributed by atoms with E-state index in [2.05, 4.69) is 35.7 Å². The number of nitrogens with zero attached hydrogens (tertiary/aromatic N) is 3. The molecule has 1 aromatic rings. The van der Waals surface area contributed by atoms with E-state index < -0.39 is 17.1 Å². The standard InChI is InChI=1S/3C7H13NO.C3H3N3O3/c3*1-2-3-4-5-6-8-7-9;7-1-4-2(8)6-3(9)5-1/h3*2-6H2,1H3;(H3,4,5,6,7,8,9). The number of rotatable bonds is 15. The highest BCUT2D eigenvalue weighted by Gasteiger charge is 1.86. The lowest BCUT2D eigenvalue weighted by molar-refractivity contribution is 0.560. The molecule has 0 fully saturated rings. The van der Waals surface area contributed by atoms with Crippen LogP contribution in [0.1, 0.15) is 97.8 Å². The molecule has 0 atom stereocenters. The van der Waals surface area contributed by atoms with E-state index in [1.165, 1.54) is 76.0 Å². The maximum absolute atomic E-state index is 10.2. The molecule has 0 aliphatic carbocycles. The molecule has 0 amide bonds. The van der Waals surface area contributed by atoms with Crippen LogP contribution >= 0.6 is 0 Å². The molecular formula is C24H42N6O6. The van der Waals surface area contributed by atoms with Gasteiger partial charge in [-0.1, -0.05) is 78.6 Å². The lowest BCUT2D eigenvalue weighted by Crippen LogP contribution is -2.34. The van der Waals surface area contributed by atoms with Gasteiger partial charge in [0.25, 0.3) is 0 Å². The van der Waals surface area contributed by atoms with Crippen molar-refractivity contribution in [2.75, 3.05) is 19.6 Å². The second kappa shape index (κ2) is 33.7. The first-order valence-electron chi connectivity index (χ1n) is 12.5. The zero-order valence-corrected chi connectivity index (χ0v) is 21.9. The molecule has 0 bridgehead atoms. The van der Waals surface area contributed by atoms with Crippen molar-refractivity contribution in [2.24, 2.45) is 15.0 Å². The van der Waals surface area contributed by atoms with Crippen LogP contribution in [0, 0.1) is 0 Å². The predicted molar refractivity (Wildman–Crippen MR) is 140 cm³/mol. The van der Waals surface area contributed by atoms with Gasteiger partial charge in [0.05, 0.1) is 19.6 Å². The third kappa shape index (κ3) is 37.8. The van der Waals surface area contributed by atoms with Gasteiger partial charge in [-0.3, -0.25) is 15.0 Å². The Hall–Kier alpha value is -3.45. The second-order valence-corrected chi connectivity index (χ2v) is 7.46. The van der Waals surface area contributed by atoms with Gasteiger partial charge in [0.1, 0.15) is 0 Å². The van der Waals surface area contributed by atoms with Crippen molar-refractivity contribution in [1.82, 2.24) is 15.0 Å². The summed E-state index contributed by atoms with van der Waals surface area (Å²) < 4.78 is 0. The Morgan fingerprint density at radius 2 is 0.722 bits per heavy atom. The number of aliphatic imine (C=N–C) groups is 3. The first kappa shape index (κ1) is 37.1. The van der Waals surface area contributed by atoms with Crippen LogP contribution in [0.5, 0.6) is 0 Å². The summed E-state index contributed by atoms with van der Waals surface area (Å²) in [5.74, 6) is 0. The molecular weight excluding hydrogens is 468 g/mol. The molecule has 0 saturated heterocycles. The van der Waals surface area contributed by atoms with Crippen LogP contribution in [0.2, 0.25) is 0 Å². The van der Waals surface area contributed by atoms with E-state index in [4.69, 9.17) is 0 Å². The Morgan fingerprint density at radius 1 is 0.472 bits per heavy atom. The van der Waals surface area contributed by atoms with Crippen molar-refractivity contribution >= 4 is 18.2 Å². The summed E-state index contributed by atoms with van der Waals surface area (Å²) in [7, 11) is 0. The van der Waals surface area contributed by atoms with Crippen LogP contribution in [0.3, 0.4) is 0 Å². The molecule has 0 aromatic carbocycles. The number of hydrogen-bond acceptors (Lipinski definition) is 9. The van der Waals surface area contributed by atoms with E-state index in [0.717, 1.165) is 19.3 Å². The first-order valence-corrected chi connectivity index (χ1v) is 12.5. The van der Waals surface area contributed by atoms with E-state index in [9.17, 15) is 28.8 Å². The third-order valence-electron chi connectivity index (χ3n) is 4.25. The number of aromatic nitrogens is 3. The summed E-state index contributed by atoms with van der Waals surface area (Å²) in [5, 5.41) is 0. The molecule has 0 radical (unpaired) electrons. The smallest absolute Gasteiger partial charge is 0.259 e. The van der Waals surface area contributed by atoms with Crippen LogP contribution < -0.4 is 17.1 Å². The van der Waals surface area contributed by atoms with Crippen LogP contribution in [-0.2, 0) is 14.4 Å². The molecule has 1 heterocycles. The van der Waals surface area contributed by atoms with Gasteiger partial charge in [-0.05, 0) is 19.3 Å². The average Bonchev–Trinajstić information content (AvgIpc) is 2.84. The van der Waals surface area contributed by atoms with Gasteiger partial charge in [0.15, 0.2) is 0 Å². The van der Waals surface area contributed by atoms with Crippen molar-refractivity contribution in [3.63, 3.8) is 0 Å². The highest BCUT2D eigenvalue weighted by atomic mass is 16.2. The summed E-state index contributed by atoms with van der Waals surface area (Å²) in [4.78, 5) is 74.9. The minimum absolute atomic E-state index is 0.656. The minimum atomic E-state index is -0.802. The second-order valence-electron chi connectivity index (χ2n) is 7.46. The summed E-state index contributed by atoms with van der Waals surface area (Å²) in [6.45, 7) is 8.44. The minimum Gasteiger partial charge on any atom is -0.259 e. The fourth-order valence-electron chi connectivity index (χ4n) is 2.39. The quantitative estimate of drug-likeness (QED) is 0.184. The summed E-state index contributed by atoms with van der Waals surface area (Å²) in [6, 6.07) is 0. The number of aromatic amines is 3. The Kier molecular flexibility index (Phi) is 34.8. The van der Waals surface area contributed by atoms with Crippen molar-refractivity contribution in [3.05, 3.63) is 31.5 Å². The zero-order chi connectivity index (χ0) is 27.7. The first-order chi connectivity index (χ1) is 17.4. The molecule has 0 unspecified atom stereocenters. The molecule has 0 spiro atoms. The van der Waals surface area contributed by atoms with Crippen LogP contribution in [0.4, 0.5) is 0 Å². The number of unbranched alkanes of at least 4 members (excludes halogenated alkanes) is 9. The fourth-order valence-corrected chi connectivity index (χ4v) is 2.39. The van der Waals surface area contributed by atoms with Gasteiger partial charge in [0.2, 0.25) is 18.2 Å². The van der Waals surface area contributed by atoms with Crippen molar-refractivity contribution in [3.8, 4) is 0 Å². The Balaban J connectivity index is -0.000000403. The molecule has 0 aliphatic rings. The molecule has 1 aromatic heterocycles. The summed E-state index contributed by atoms with van der Waals surface area (Å²) >= 11 is 0. The number of hydrogen-bond donors (Lipinski definition) is 3. The lowest BCUT2D eigenvalue weighted by atomic mass is 10.2. The monoisotopic (exact) mass is 510 g/mol. The molecule has 0 saturated carbocycles. The van der Waals surface area contributed by atoms with Crippen LogP contribution in [0.15, 0.2) is 29.4 Å². The Morgan fingerprint density at radius 3 is 0.917 bits per heavy atom. The number of nitrogens with one attached hydrogen (secondary N) is 3. The van der Waals surface area contributed by atoms with E-state index in [1.807, 2.05) is 0 Å². The van der Waals surface area contributed by atoms with E-state index >= 15 is 0 Å². The molecule has 12 nitrogen and oxygen atoms in total. The molecule has 12 heteroatoms. The van der Waals surface area contributed by atoms with Crippen LogP contribution in [-0.4, -0.2) is 52.8 Å². The number of carbonyl (C=O) groups excluding carboxylic acids is 3. The summed E-state index contributed by atoms with van der Waals surface area (Å²) in [6.07, 6.45) is 18.6. The van der Waals surface area contributed by atoms with Gasteiger partial charge < -0.3 is 0 Å². The van der Waals surface area contributed by atoms with Crippen molar-refractivity contribution in [1.29, 1.82) is 0 Å². The van der Waals surface area contributed by atoms with Gasteiger partial charge in [0, 0.05) is 0 Å². The third-order valence-corrected chi connectivity index (χ3v) is 4.25. The Labute approximate surface area is 211 Å². The largest absolute Gasteiger partial charge is 0.330 e. The van der Waals surface area contributed by atoms with E-state index in [0.29, 0.717) is 19.6 Å². The van der Waals surface area contributed by atoms with Gasteiger partial charge >= 0.3 is 17.1 Å². The molecule has 204 valence electrons. The highest BCUT2D eigenvalue weighted by Crippen LogP contribution is 1.98. The van der Waals surface area contributed by atoms with Gasteiger partial charge in [-0.25, -0.2) is 43.7 Å². The maximum Gasteiger partial charge on any atom is 0.330 e. The number of H-pyrrole nitrogens is 3. The zero-order valence-electron chi connectivity index (χ0n) is 21.9. The fraction of sp³-hybridized carbons (Fsp3) is 0.750. The average molecular weight is 511 g/mol. The molecule has 1 rings (SSSR count). The van der Waals surface area contributed by atoms with Crippen LogP contribution in [0.25, 0.3) is 0 Å². The number of isocyanates is 3. The normalized spacial score (nSPS) is 8.75. The molecule has 36 heavy (non-hydrogen) atoms.